The van der Waals surface area contributed by atoms with Gasteiger partial charge < -0.3 is 18.9 Å². The van der Waals surface area contributed by atoms with E-state index in [0.717, 1.165) is 0 Å². The van der Waals surface area contributed by atoms with E-state index in [2.05, 4.69) is 21.1 Å². The van der Waals surface area contributed by atoms with Crippen molar-refractivity contribution in [2.45, 2.75) is 32.1 Å². The number of ether oxygens (including phenoxy) is 4. The average molecular weight is 734 g/mol. The molecule has 0 aliphatic rings. The lowest BCUT2D eigenvalue weighted by Crippen LogP contribution is -2.18. The predicted molar refractivity (Wildman–Crippen MR) is 193 cm³/mol. The molecular formula is C37H34Cl2N4O8. The summed E-state index contributed by atoms with van der Waals surface area (Å²) >= 11 is 11.7. The molecule has 0 aliphatic heterocycles. The van der Waals surface area contributed by atoms with Crippen LogP contribution in [0.1, 0.15) is 63.9 Å². The van der Waals surface area contributed by atoms with Crippen LogP contribution < -0.4 is 29.8 Å². The maximum atomic E-state index is 12.4. The van der Waals surface area contributed by atoms with E-state index in [0.29, 0.717) is 63.1 Å². The summed E-state index contributed by atoms with van der Waals surface area (Å²) < 4.78 is 21.6. The number of rotatable bonds is 16. The third kappa shape index (κ3) is 12.3. The molecule has 51 heavy (non-hydrogen) atoms. The van der Waals surface area contributed by atoms with E-state index in [1.807, 2.05) is 0 Å². The van der Waals surface area contributed by atoms with Gasteiger partial charge in [-0.25, -0.2) is 20.4 Å². The van der Waals surface area contributed by atoms with Crippen molar-refractivity contribution in [3.63, 3.8) is 0 Å². The molecular weight excluding hydrogens is 699 g/mol. The lowest BCUT2D eigenvalue weighted by atomic mass is 10.1. The molecule has 14 heteroatoms. The highest BCUT2D eigenvalue weighted by Gasteiger charge is 2.14. The summed E-state index contributed by atoms with van der Waals surface area (Å²) in [4.78, 5) is 49.3. The molecule has 2 amide bonds. The number of hydrogen-bond acceptors (Lipinski definition) is 10. The molecule has 0 atom stereocenters. The number of nitrogens with zero attached hydrogens (tertiary/aromatic N) is 2. The van der Waals surface area contributed by atoms with Gasteiger partial charge in [-0.1, -0.05) is 29.6 Å². The van der Waals surface area contributed by atoms with E-state index < -0.39 is 11.9 Å². The van der Waals surface area contributed by atoms with E-state index in [9.17, 15) is 19.2 Å². The van der Waals surface area contributed by atoms with Crippen molar-refractivity contribution in [1.82, 2.24) is 10.9 Å². The monoisotopic (exact) mass is 732 g/mol. The maximum absolute atomic E-state index is 12.4. The van der Waals surface area contributed by atoms with E-state index in [1.165, 1.54) is 26.6 Å². The molecule has 264 valence electrons. The largest absolute Gasteiger partial charge is 0.493 e. The van der Waals surface area contributed by atoms with E-state index in [4.69, 9.17) is 42.1 Å². The van der Waals surface area contributed by atoms with Gasteiger partial charge in [-0.3, -0.25) is 9.59 Å². The number of nitrogens with one attached hydrogen (secondary N) is 2. The first-order valence-electron chi connectivity index (χ1n) is 15.6. The fourth-order valence-electron chi connectivity index (χ4n) is 4.40. The van der Waals surface area contributed by atoms with Crippen molar-refractivity contribution < 1.29 is 38.1 Å². The summed E-state index contributed by atoms with van der Waals surface area (Å²) in [6.07, 6.45) is 5.12. The van der Waals surface area contributed by atoms with Crippen molar-refractivity contribution in [3.05, 3.63) is 117 Å². The molecule has 0 heterocycles. The topological polar surface area (TPSA) is 154 Å². The Morgan fingerprint density at radius 2 is 0.961 bits per heavy atom. The van der Waals surface area contributed by atoms with Gasteiger partial charge in [-0.2, -0.15) is 10.2 Å². The Balaban J connectivity index is 1.12. The van der Waals surface area contributed by atoms with Gasteiger partial charge >= 0.3 is 11.9 Å². The van der Waals surface area contributed by atoms with Crippen molar-refractivity contribution in [3.8, 4) is 23.0 Å². The number of unbranched alkanes of at least 4 members (excludes halogenated alkanes) is 2. The third-order valence-electron chi connectivity index (χ3n) is 7.05. The lowest BCUT2D eigenvalue weighted by Gasteiger charge is -2.10. The van der Waals surface area contributed by atoms with E-state index in [1.54, 1.807) is 84.9 Å². The summed E-state index contributed by atoms with van der Waals surface area (Å²) in [6.45, 7) is 0. The highest BCUT2D eigenvalue weighted by Crippen LogP contribution is 2.30. The van der Waals surface area contributed by atoms with E-state index in [-0.39, 0.29) is 36.2 Å². The standard InChI is InChI=1S/C37H34Cl2N4O8/c1-48-32-20-24(8-18-30(32)50-36(46)26-10-14-28(38)15-11-26)22-40-42-34(44)6-4-3-5-7-35(45)43-41-23-25-9-19-31(33(21-25)49-2)51-37(47)27-12-16-29(39)17-13-27/h8-23H,3-7H2,1-2H3,(H,42,44)(H,43,45)/b40-22+,41-23+. The summed E-state index contributed by atoms with van der Waals surface area (Å²) in [5.74, 6) is -0.607. The number of halogens is 2. The van der Waals surface area contributed by atoms with Gasteiger partial charge in [0.1, 0.15) is 0 Å². The van der Waals surface area contributed by atoms with Crippen molar-refractivity contribution >= 4 is 59.4 Å². The second kappa shape index (κ2) is 19.5. The smallest absolute Gasteiger partial charge is 0.343 e. The van der Waals surface area contributed by atoms with Gasteiger partial charge in [0.2, 0.25) is 11.8 Å². The van der Waals surface area contributed by atoms with Gasteiger partial charge in [0.15, 0.2) is 23.0 Å². The Kier molecular flexibility index (Phi) is 14.5. The molecule has 0 radical (unpaired) electrons. The fraction of sp³-hybridized carbons (Fsp3) is 0.189. The molecule has 2 N–H and O–H groups in total. The first kappa shape index (κ1) is 38.1. The van der Waals surface area contributed by atoms with E-state index >= 15 is 0 Å². The molecule has 0 saturated carbocycles. The van der Waals surface area contributed by atoms with Gasteiger partial charge in [0.05, 0.1) is 37.8 Å². The summed E-state index contributed by atoms with van der Waals surface area (Å²) in [5.41, 5.74) is 6.84. The summed E-state index contributed by atoms with van der Waals surface area (Å²) in [5, 5.41) is 8.97. The molecule has 0 bridgehead atoms. The zero-order chi connectivity index (χ0) is 36.6. The van der Waals surface area contributed by atoms with Crippen LogP contribution in [0.15, 0.2) is 95.1 Å². The van der Waals surface area contributed by atoms with Gasteiger partial charge in [0, 0.05) is 22.9 Å². The zero-order valence-electron chi connectivity index (χ0n) is 27.7. The molecule has 4 aromatic carbocycles. The minimum absolute atomic E-state index is 0.224. The fourth-order valence-corrected chi connectivity index (χ4v) is 4.66. The van der Waals surface area contributed by atoms with Crippen LogP contribution in [-0.2, 0) is 9.59 Å². The average Bonchev–Trinajstić information content (AvgIpc) is 3.13. The minimum atomic E-state index is -0.564. The number of hydrazone groups is 2. The van der Waals surface area contributed by atoms with Crippen LogP contribution in [-0.4, -0.2) is 50.4 Å². The Labute approximate surface area is 304 Å². The second-order valence-electron chi connectivity index (χ2n) is 10.8. The summed E-state index contributed by atoms with van der Waals surface area (Å²) in [7, 11) is 2.89. The third-order valence-corrected chi connectivity index (χ3v) is 7.56. The molecule has 0 aliphatic carbocycles. The van der Waals surface area contributed by atoms with Crippen molar-refractivity contribution in [2.75, 3.05) is 14.2 Å². The normalized spacial score (nSPS) is 10.9. The van der Waals surface area contributed by atoms with Gasteiger partial charge in [-0.05, 0) is 109 Å². The molecule has 0 fully saturated rings. The molecule has 4 rings (SSSR count). The van der Waals surface area contributed by atoms with Gasteiger partial charge in [-0.15, -0.1) is 0 Å². The molecule has 12 nitrogen and oxygen atoms in total. The molecule has 0 saturated heterocycles. The number of hydrogen-bond donors (Lipinski definition) is 2. The van der Waals surface area contributed by atoms with Crippen LogP contribution in [0.5, 0.6) is 23.0 Å². The van der Waals surface area contributed by atoms with Crippen LogP contribution >= 0.6 is 23.2 Å². The van der Waals surface area contributed by atoms with Gasteiger partial charge in [0.25, 0.3) is 0 Å². The Hall–Kier alpha value is -5.72. The maximum Gasteiger partial charge on any atom is 0.343 e. The molecule has 0 unspecified atom stereocenters. The Bertz CT molecular complexity index is 1760. The zero-order valence-corrected chi connectivity index (χ0v) is 29.2. The molecule has 0 aromatic heterocycles. The van der Waals surface area contributed by atoms with Crippen LogP contribution in [0.2, 0.25) is 10.0 Å². The summed E-state index contributed by atoms with van der Waals surface area (Å²) in [6, 6.07) is 22.3. The number of carbonyl (C=O) groups is 4. The van der Waals surface area contributed by atoms with Crippen LogP contribution in [0.25, 0.3) is 0 Å². The number of esters is 2. The Morgan fingerprint density at radius 1 is 0.569 bits per heavy atom. The molecule has 4 aromatic rings. The first-order valence-corrected chi connectivity index (χ1v) is 16.4. The first-order chi connectivity index (χ1) is 24.6. The second-order valence-corrected chi connectivity index (χ2v) is 11.6. The minimum Gasteiger partial charge on any atom is -0.493 e. The van der Waals surface area contributed by atoms with Crippen LogP contribution in [0.4, 0.5) is 0 Å². The lowest BCUT2D eigenvalue weighted by molar-refractivity contribution is -0.121. The van der Waals surface area contributed by atoms with Crippen molar-refractivity contribution in [2.24, 2.45) is 10.2 Å². The SMILES string of the molecule is COc1cc(/C=N/NC(=O)CCCCCC(=O)N/N=C/c2ccc(OC(=O)c3ccc(Cl)cc3)c(OC)c2)ccc1OC(=O)c1ccc(Cl)cc1. The number of carbonyl (C=O) groups excluding carboxylic acids is 4. The quantitative estimate of drug-likeness (QED) is 0.0411. The van der Waals surface area contributed by atoms with Crippen molar-refractivity contribution in [1.29, 1.82) is 0 Å². The highest BCUT2D eigenvalue weighted by molar-refractivity contribution is 6.31. The number of amides is 2. The highest BCUT2D eigenvalue weighted by atomic mass is 35.5. The predicted octanol–water partition coefficient (Wildman–Crippen LogP) is 7.00. The Morgan fingerprint density at radius 3 is 1.33 bits per heavy atom. The number of benzene rings is 4. The van der Waals surface area contributed by atoms with Crippen LogP contribution in [0.3, 0.4) is 0 Å². The molecule has 0 spiro atoms. The number of methoxy groups -OCH3 is 2. The van der Waals surface area contributed by atoms with Crippen LogP contribution in [0, 0.1) is 0 Å².